The minimum atomic E-state index is 0.863. The molecule has 0 fully saturated rings. The van der Waals surface area contributed by atoms with Gasteiger partial charge in [-0.15, -0.1) is 5.10 Å². The van der Waals surface area contributed by atoms with Crippen LogP contribution in [0.4, 0.5) is 0 Å². The Morgan fingerprint density at radius 3 is 3.12 bits per heavy atom. The van der Waals surface area contributed by atoms with Gasteiger partial charge in [0.25, 0.3) is 0 Å². The average molecular weight is 112 g/mol. The van der Waals surface area contributed by atoms with Gasteiger partial charge in [-0.3, -0.25) is 0 Å². The molecule has 1 aliphatic heterocycles. The Labute approximate surface area is 49.2 Å². The lowest BCUT2D eigenvalue weighted by atomic mass is 10.4. The second kappa shape index (κ2) is 2.55. The van der Waals surface area contributed by atoms with Crippen molar-refractivity contribution in [3.8, 4) is 0 Å². The van der Waals surface area contributed by atoms with Gasteiger partial charge >= 0.3 is 0 Å². The molecule has 1 rings (SSSR count). The summed E-state index contributed by atoms with van der Waals surface area (Å²) in [5, 5.41) is 6.96. The third-order valence-corrected chi connectivity index (χ3v) is 1.02. The third-order valence-electron chi connectivity index (χ3n) is 1.02. The van der Waals surface area contributed by atoms with E-state index in [1.54, 1.807) is 0 Å². The number of amidine groups is 1. The quantitative estimate of drug-likeness (QED) is 0.506. The van der Waals surface area contributed by atoms with Crippen LogP contribution in [0.2, 0.25) is 0 Å². The molecule has 0 saturated carbocycles. The molecule has 0 aromatic carbocycles. The molecule has 0 aromatic rings. The number of nitrogens with zero attached hydrogens (tertiary/aromatic N) is 2. The van der Waals surface area contributed by atoms with Gasteiger partial charge in [0.2, 0.25) is 0 Å². The average Bonchev–Trinajstić information content (AvgIpc) is 2.19. The van der Waals surface area contributed by atoms with Crippen molar-refractivity contribution >= 4 is 5.84 Å². The Morgan fingerprint density at radius 1 is 1.75 bits per heavy atom. The van der Waals surface area contributed by atoms with E-state index in [1.807, 2.05) is 0 Å². The lowest BCUT2D eigenvalue weighted by Gasteiger charge is -1.95. The van der Waals surface area contributed by atoms with E-state index in [9.17, 15) is 0 Å². The number of hydrogen-bond donors (Lipinski definition) is 1. The molecule has 0 atom stereocenters. The molecule has 0 spiro atoms. The Bertz CT molecular complexity index is 97.8. The lowest BCUT2D eigenvalue weighted by Crippen LogP contribution is -2.20. The van der Waals surface area contributed by atoms with Crippen molar-refractivity contribution in [3.63, 3.8) is 0 Å². The summed E-state index contributed by atoms with van der Waals surface area (Å²) in [6.45, 7) is 3.87. The summed E-state index contributed by atoms with van der Waals surface area (Å²) in [5.41, 5.74) is 3.81. The first-order valence-corrected chi connectivity index (χ1v) is 2.90. The maximum Gasteiger partial charge on any atom is 0.126 e. The predicted molar refractivity (Wildman–Crippen MR) is 32.7 cm³/mol. The van der Waals surface area contributed by atoms with Crippen LogP contribution in [0, 0.1) is 0 Å². The van der Waals surface area contributed by atoms with Crippen LogP contribution in [0.25, 0.3) is 0 Å². The first kappa shape index (κ1) is 5.41. The monoisotopic (exact) mass is 112 g/mol. The van der Waals surface area contributed by atoms with E-state index in [0.29, 0.717) is 0 Å². The second-order valence-electron chi connectivity index (χ2n) is 1.69. The molecule has 1 radical (unpaired) electrons. The van der Waals surface area contributed by atoms with E-state index in [-0.39, 0.29) is 0 Å². The van der Waals surface area contributed by atoms with Crippen molar-refractivity contribution in [3.05, 3.63) is 0 Å². The predicted octanol–water partition coefficient (Wildman–Crippen LogP) is -0.0825. The van der Waals surface area contributed by atoms with Crippen LogP contribution < -0.4 is 10.7 Å². The van der Waals surface area contributed by atoms with Crippen LogP contribution in [-0.2, 0) is 0 Å². The molecule has 3 nitrogen and oxygen atoms in total. The van der Waals surface area contributed by atoms with Crippen LogP contribution in [0.5, 0.6) is 0 Å². The van der Waals surface area contributed by atoms with Gasteiger partial charge in [0.05, 0.1) is 6.54 Å². The van der Waals surface area contributed by atoms with E-state index >= 15 is 0 Å². The fourth-order valence-electron chi connectivity index (χ4n) is 0.669. The van der Waals surface area contributed by atoms with Crippen molar-refractivity contribution in [2.45, 2.75) is 13.3 Å². The summed E-state index contributed by atoms with van der Waals surface area (Å²) in [5.74, 6) is 1.03. The molecule has 45 valence electrons. The Morgan fingerprint density at radius 2 is 2.62 bits per heavy atom. The SMILES string of the molecule is CCNC1=N[N]CC1. The minimum absolute atomic E-state index is 0.863. The molecule has 0 bridgehead atoms. The molecule has 1 N–H and O–H groups in total. The van der Waals surface area contributed by atoms with E-state index in [0.717, 1.165) is 25.3 Å². The molecule has 8 heavy (non-hydrogen) atoms. The van der Waals surface area contributed by atoms with Gasteiger partial charge in [-0.25, -0.2) is 0 Å². The molecule has 1 aliphatic rings. The standard InChI is InChI=1S/C5H10N3/c1-2-6-5-3-4-7-8-5/h2-4H2,1H3,(H,6,8). The van der Waals surface area contributed by atoms with Gasteiger partial charge < -0.3 is 5.32 Å². The molecule has 3 heteroatoms. The fraction of sp³-hybridized carbons (Fsp3) is 0.800. The van der Waals surface area contributed by atoms with Crippen molar-refractivity contribution < 1.29 is 0 Å². The minimum Gasteiger partial charge on any atom is -0.372 e. The number of rotatable bonds is 1. The Hall–Kier alpha value is -0.730. The molecule has 1 heterocycles. The molecule has 0 aliphatic carbocycles. The Balaban J connectivity index is 2.23. The molecular formula is C5H10N3. The summed E-state index contributed by atoms with van der Waals surface area (Å²) in [7, 11) is 0. The zero-order chi connectivity index (χ0) is 5.82. The van der Waals surface area contributed by atoms with Gasteiger partial charge in [0, 0.05) is 13.0 Å². The Kier molecular flexibility index (Phi) is 1.72. The molecular weight excluding hydrogens is 102 g/mol. The van der Waals surface area contributed by atoms with Gasteiger partial charge in [-0.1, -0.05) is 0 Å². The third kappa shape index (κ3) is 1.12. The highest BCUT2D eigenvalue weighted by atomic mass is 15.3. The van der Waals surface area contributed by atoms with E-state index in [1.165, 1.54) is 0 Å². The van der Waals surface area contributed by atoms with Crippen molar-refractivity contribution in [2.24, 2.45) is 5.10 Å². The summed E-state index contributed by atoms with van der Waals surface area (Å²) < 4.78 is 0. The number of hydrogen-bond acceptors (Lipinski definition) is 2. The van der Waals surface area contributed by atoms with Crippen LogP contribution in [0.3, 0.4) is 0 Å². The van der Waals surface area contributed by atoms with Gasteiger partial charge in [-0.05, 0) is 6.92 Å². The maximum absolute atomic E-state index is 3.86. The zero-order valence-electron chi connectivity index (χ0n) is 5.02. The summed E-state index contributed by atoms with van der Waals surface area (Å²) in [4.78, 5) is 0. The van der Waals surface area contributed by atoms with Crippen LogP contribution in [0.15, 0.2) is 5.10 Å². The highest BCUT2D eigenvalue weighted by Gasteiger charge is 2.03. The number of nitrogens with one attached hydrogen (secondary N) is 1. The highest BCUT2D eigenvalue weighted by Crippen LogP contribution is 1.89. The fourth-order valence-corrected chi connectivity index (χ4v) is 0.669. The summed E-state index contributed by atoms with van der Waals surface area (Å²) in [6, 6.07) is 0. The maximum atomic E-state index is 3.86. The summed E-state index contributed by atoms with van der Waals surface area (Å²) >= 11 is 0. The molecule has 0 saturated heterocycles. The normalized spacial score (nSPS) is 17.4. The molecule has 0 unspecified atom stereocenters. The smallest absolute Gasteiger partial charge is 0.126 e. The lowest BCUT2D eigenvalue weighted by molar-refractivity contribution is 0.795. The molecule has 0 aromatic heterocycles. The van der Waals surface area contributed by atoms with Gasteiger partial charge in [0.1, 0.15) is 5.84 Å². The largest absolute Gasteiger partial charge is 0.372 e. The first-order valence-electron chi connectivity index (χ1n) is 2.90. The summed E-state index contributed by atoms with van der Waals surface area (Å²) in [6.07, 6.45) is 0.994. The van der Waals surface area contributed by atoms with Crippen molar-refractivity contribution in [2.75, 3.05) is 13.1 Å². The van der Waals surface area contributed by atoms with E-state index < -0.39 is 0 Å². The van der Waals surface area contributed by atoms with E-state index in [4.69, 9.17) is 0 Å². The van der Waals surface area contributed by atoms with Crippen LogP contribution >= 0.6 is 0 Å². The van der Waals surface area contributed by atoms with Gasteiger partial charge in [0.15, 0.2) is 0 Å². The van der Waals surface area contributed by atoms with Gasteiger partial charge in [-0.2, -0.15) is 5.43 Å². The van der Waals surface area contributed by atoms with Crippen molar-refractivity contribution in [1.82, 2.24) is 10.7 Å². The highest BCUT2D eigenvalue weighted by molar-refractivity contribution is 5.83. The first-order chi connectivity index (χ1) is 3.93. The van der Waals surface area contributed by atoms with Crippen LogP contribution in [0.1, 0.15) is 13.3 Å². The topological polar surface area (TPSA) is 38.5 Å². The van der Waals surface area contributed by atoms with Crippen LogP contribution in [-0.4, -0.2) is 18.9 Å². The van der Waals surface area contributed by atoms with E-state index in [2.05, 4.69) is 22.8 Å². The zero-order valence-corrected chi connectivity index (χ0v) is 5.02. The second-order valence-corrected chi connectivity index (χ2v) is 1.69. The molecule has 0 amide bonds. The van der Waals surface area contributed by atoms with Crippen molar-refractivity contribution in [1.29, 1.82) is 0 Å².